The first-order valence-corrected chi connectivity index (χ1v) is 19.1. The predicted molar refractivity (Wildman–Crippen MR) is 192 cm³/mol. The average Bonchev–Trinajstić information content (AvgIpc) is 3.69. The second kappa shape index (κ2) is 12.0. The zero-order chi connectivity index (χ0) is 35.1. The van der Waals surface area contributed by atoms with Gasteiger partial charge in [-0.3, -0.25) is 4.79 Å². The molecule has 5 fully saturated rings. The molecule has 0 saturated heterocycles. The molecule has 7 rings (SSSR count). The number of hydrogen-bond acceptors (Lipinski definition) is 5. The SMILES string of the molecule is C=C(C)[C@@H]1CC[C@]2(C(=O)NC(Cc3c[nH]c4ccccc34)C(=O)OC)CC[C@]3(C)C(CCC4[C@@]5(C)CC[C@H](O)[C@@](C)(CO)C5CC[C@]43C)C12. The molecule has 5 aliphatic rings. The van der Waals surface area contributed by atoms with E-state index < -0.39 is 28.9 Å². The van der Waals surface area contributed by atoms with Crippen molar-refractivity contribution in [3.05, 3.63) is 48.2 Å². The quantitative estimate of drug-likeness (QED) is 0.182. The molecule has 5 unspecified atom stereocenters. The number of carbonyl (C=O) groups excluding carboxylic acids is 2. The van der Waals surface area contributed by atoms with Crippen LogP contribution in [0.3, 0.4) is 0 Å². The molecule has 0 spiro atoms. The van der Waals surface area contributed by atoms with Crippen LogP contribution in [0, 0.1) is 56.7 Å². The van der Waals surface area contributed by atoms with Gasteiger partial charge in [-0.25, -0.2) is 4.79 Å². The number of amides is 1. The fourth-order valence-corrected chi connectivity index (χ4v) is 13.7. The molecule has 0 aliphatic heterocycles. The maximum absolute atomic E-state index is 14.9. The van der Waals surface area contributed by atoms with Crippen LogP contribution in [0.4, 0.5) is 0 Å². The number of aliphatic hydroxyl groups is 2. The van der Waals surface area contributed by atoms with E-state index in [2.05, 4.69) is 51.5 Å². The first kappa shape index (κ1) is 34.8. The third-order valence-corrected chi connectivity index (χ3v) is 16.5. The number of hydrogen-bond donors (Lipinski definition) is 4. The number of H-pyrrole nitrogens is 1. The van der Waals surface area contributed by atoms with E-state index in [1.807, 2.05) is 30.5 Å². The first-order chi connectivity index (χ1) is 23.2. The summed E-state index contributed by atoms with van der Waals surface area (Å²) in [6.45, 7) is 16.4. The number of allylic oxidation sites excluding steroid dienone is 1. The number of carbonyl (C=O) groups is 2. The van der Waals surface area contributed by atoms with Crippen molar-refractivity contribution in [2.45, 2.75) is 117 Å². The Hall–Kier alpha value is -2.64. The summed E-state index contributed by atoms with van der Waals surface area (Å²) in [5.74, 6) is 1.23. The van der Waals surface area contributed by atoms with Gasteiger partial charge in [-0.2, -0.15) is 0 Å². The van der Waals surface area contributed by atoms with E-state index in [0.29, 0.717) is 24.2 Å². The second-order valence-electron chi connectivity index (χ2n) is 18.2. The number of fused-ring (bicyclic) bond motifs is 8. The number of methoxy groups -OCH3 is 1. The smallest absolute Gasteiger partial charge is 0.328 e. The second-order valence-corrected chi connectivity index (χ2v) is 18.2. The van der Waals surface area contributed by atoms with E-state index in [9.17, 15) is 19.8 Å². The van der Waals surface area contributed by atoms with Gasteiger partial charge in [-0.05, 0) is 129 Å². The van der Waals surface area contributed by atoms with Crippen LogP contribution >= 0.6 is 0 Å². The minimum atomic E-state index is -0.769. The van der Waals surface area contributed by atoms with Crippen molar-refractivity contribution in [2.24, 2.45) is 56.7 Å². The van der Waals surface area contributed by atoms with Crippen LogP contribution in [-0.2, 0) is 20.7 Å². The Morgan fingerprint density at radius 3 is 2.45 bits per heavy atom. The number of ether oxygens (including phenoxy) is 1. The van der Waals surface area contributed by atoms with E-state index >= 15 is 0 Å². The summed E-state index contributed by atoms with van der Waals surface area (Å²) in [6.07, 6.45) is 11.5. The van der Waals surface area contributed by atoms with Gasteiger partial charge in [0.25, 0.3) is 0 Å². The minimum Gasteiger partial charge on any atom is -0.467 e. The van der Waals surface area contributed by atoms with Gasteiger partial charge in [0, 0.05) is 28.9 Å². The zero-order valence-corrected chi connectivity index (χ0v) is 30.7. The minimum absolute atomic E-state index is 0.0152. The number of para-hydroxylation sites is 1. The highest BCUT2D eigenvalue weighted by atomic mass is 16.5. The molecule has 5 aliphatic carbocycles. The molecule has 7 nitrogen and oxygen atoms in total. The number of aromatic amines is 1. The fraction of sp³-hybridized carbons (Fsp3) is 0.714. The van der Waals surface area contributed by atoms with Crippen molar-refractivity contribution >= 4 is 22.8 Å². The van der Waals surface area contributed by atoms with Crippen LogP contribution in [0.1, 0.15) is 104 Å². The first-order valence-electron chi connectivity index (χ1n) is 19.1. The molecule has 0 radical (unpaired) electrons. The van der Waals surface area contributed by atoms with Crippen LogP contribution < -0.4 is 5.32 Å². The Balaban J connectivity index is 1.21. The maximum Gasteiger partial charge on any atom is 0.328 e. The highest BCUT2D eigenvalue weighted by Gasteiger charge is 2.72. The highest BCUT2D eigenvalue weighted by molar-refractivity contribution is 5.90. The lowest BCUT2D eigenvalue weighted by molar-refractivity contribution is -0.252. The lowest BCUT2D eigenvalue weighted by Gasteiger charge is -2.73. The van der Waals surface area contributed by atoms with E-state index in [4.69, 9.17) is 4.74 Å². The van der Waals surface area contributed by atoms with Crippen LogP contribution in [0.15, 0.2) is 42.6 Å². The van der Waals surface area contributed by atoms with Crippen molar-refractivity contribution in [3.63, 3.8) is 0 Å². The zero-order valence-electron chi connectivity index (χ0n) is 30.7. The summed E-state index contributed by atoms with van der Waals surface area (Å²) < 4.78 is 5.28. The topological polar surface area (TPSA) is 112 Å². The lowest BCUT2D eigenvalue weighted by atomic mass is 9.32. The van der Waals surface area contributed by atoms with Crippen molar-refractivity contribution in [3.8, 4) is 0 Å². The van der Waals surface area contributed by atoms with E-state index in [1.54, 1.807) is 0 Å². The number of aliphatic hydroxyl groups excluding tert-OH is 2. The molecule has 1 heterocycles. The molecule has 5 saturated carbocycles. The van der Waals surface area contributed by atoms with Gasteiger partial charge < -0.3 is 25.3 Å². The summed E-state index contributed by atoms with van der Waals surface area (Å²) in [5.41, 5.74) is 2.36. The molecule has 2 aromatic rings. The summed E-state index contributed by atoms with van der Waals surface area (Å²) in [7, 11) is 1.40. The van der Waals surface area contributed by atoms with E-state index in [1.165, 1.54) is 12.7 Å². The molecule has 1 aromatic heterocycles. The van der Waals surface area contributed by atoms with Gasteiger partial charge in [0.05, 0.1) is 25.2 Å². The third kappa shape index (κ3) is 4.80. The summed E-state index contributed by atoms with van der Waals surface area (Å²) >= 11 is 0. The largest absolute Gasteiger partial charge is 0.467 e. The standard InChI is InChI=1S/C42H60N2O5/c1-25(2)27-14-19-42(37(48)44-31(36(47)49-7)22-26-23-43-30-11-9-8-10-28(26)30)21-20-40(5)29(35(27)42)12-13-33-38(3)17-16-34(46)39(4,24-45)32(38)15-18-41(33,40)6/h8-11,23,27,29,31-35,43,45-46H,1,12-22,24H2,2-7H3,(H,44,48)/t27-,29?,31?,32?,33?,34-,35?,38-,39-,40+,41+,42-/m0/s1. The number of esters is 1. The van der Waals surface area contributed by atoms with Gasteiger partial charge >= 0.3 is 5.97 Å². The molecule has 1 amide bonds. The molecule has 268 valence electrons. The van der Waals surface area contributed by atoms with Crippen molar-refractivity contribution in [1.29, 1.82) is 0 Å². The number of benzene rings is 1. The lowest BCUT2D eigenvalue weighted by Crippen LogP contribution is -2.68. The van der Waals surface area contributed by atoms with Crippen molar-refractivity contribution < 1.29 is 24.5 Å². The Kier molecular flexibility index (Phi) is 8.50. The monoisotopic (exact) mass is 672 g/mol. The number of rotatable bonds is 7. The average molecular weight is 673 g/mol. The van der Waals surface area contributed by atoms with Crippen LogP contribution in [0.5, 0.6) is 0 Å². The van der Waals surface area contributed by atoms with Crippen molar-refractivity contribution in [1.82, 2.24) is 10.3 Å². The summed E-state index contributed by atoms with van der Waals surface area (Å²) in [6, 6.07) is 7.29. The molecule has 12 atom stereocenters. The Morgan fingerprint density at radius 2 is 1.73 bits per heavy atom. The van der Waals surface area contributed by atoms with Gasteiger partial charge in [0.1, 0.15) is 6.04 Å². The fourth-order valence-electron chi connectivity index (χ4n) is 13.7. The number of aromatic nitrogens is 1. The molecule has 49 heavy (non-hydrogen) atoms. The molecule has 4 N–H and O–H groups in total. The normalized spacial score (nSPS) is 43.4. The molecular weight excluding hydrogens is 612 g/mol. The van der Waals surface area contributed by atoms with Crippen molar-refractivity contribution in [2.75, 3.05) is 13.7 Å². The molecule has 0 bridgehead atoms. The Bertz CT molecular complexity index is 1630. The number of nitrogens with one attached hydrogen (secondary N) is 2. The summed E-state index contributed by atoms with van der Waals surface area (Å²) in [5, 5.41) is 26.1. The molecule has 7 heteroatoms. The van der Waals surface area contributed by atoms with E-state index in [-0.39, 0.29) is 40.6 Å². The van der Waals surface area contributed by atoms with Gasteiger partial charge in [0.15, 0.2) is 0 Å². The third-order valence-electron chi connectivity index (χ3n) is 16.5. The predicted octanol–water partition coefficient (Wildman–Crippen LogP) is 7.36. The van der Waals surface area contributed by atoms with Crippen LogP contribution in [0.25, 0.3) is 10.9 Å². The maximum atomic E-state index is 14.9. The Labute approximate surface area is 293 Å². The highest BCUT2D eigenvalue weighted by Crippen LogP contribution is 2.77. The Morgan fingerprint density at radius 1 is 0.980 bits per heavy atom. The van der Waals surface area contributed by atoms with Gasteiger partial charge in [-0.15, -0.1) is 0 Å². The van der Waals surface area contributed by atoms with Crippen LogP contribution in [0.2, 0.25) is 0 Å². The summed E-state index contributed by atoms with van der Waals surface area (Å²) in [4.78, 5) is 31.5. The molecular formula is C42H60N2O5. The van der Waals surface area contributed by atoms with E-state index in [0.717, 1.165) is 80.7 Å². The van der Waals surface area contributed by atoms with Gasteiger partial charge in [-0.1, -0.05) is 58.0 Å². The van der Waals surface area contributed by atoms with Crippen LogP contribution in [-0.4, -0.2) is 52.9 Å². The molecule has 1 aromatic carbocycles. The van der Waals surface area contributed by atoms with Gasteiger partial charge in [0.2, 0.25) is 5.91 Å².